The second kappa shape index (κ2) is 6.63. The van der Waals surface area contributed by atoms with E-state index in [9.17, 15) is 22.8 Å². The maximum absolute atomic E-state index is 12.4. The highest BCUT2D eigenvalue weighted by Gasteiger charge is 2.37. The van der Waals surface area contributed by atoms with Crippen LogP contribution in [-0.2, 0) is 4.79 Å². The fourth-order valence-electron chi connectivity index (χ4n) is 1.61. The van der Waals surface area contributed by atoms with E-state index < -0.39 is 36.8 Å². The summed E-state index contributed by atoms with van der Waals surface area (Å²) < 4.78 is 37.2. The lowest BCUT2D eigenvalue weighted by Crippen LogP contribution is -2.53. The summed E-state index contributed by atoms with van der Waals surface area (Å²) in [5.41, 5.74) is 0. The number of rotatable bonds is 5. The van der Waals surface area contributed by atoms with E-state index in [-0.39, 0.29) is 6.42 Å². The molecule has 0 aliphatic heterocycles. The average Bonchev–Trinajstić information content (AvgIpc) is 2.23. The molecule has 2 amide bonds. The van der Waals surface area contributed by atoms with Crippen molar-refractivity contribution in [2.45, 2.75) is 45.5 Å². The summed E-state index contributed by atoms with van der Waals surface area (Å²) in [4.78, 5) is 24.3. The number of carbonyl (C=O) groups is 2. The molecule has 1 unspecified atom stereocenters. The molecule has 112 valence electrons. The van der Waals surface area contributed by atoms with Crippen LogP contribution in [0.5, 0.6) is 0 Å². The third kappa shape index (κ3) is 5.35. The minimum absolute atomic E-state index is 0.121. The van der Waals surface area contributed by atoms with Gasteiger partial charge in [-0.25, -0.2) is 9.59 Å². The van der Waals surface area contributed by atoms with Gasteiger partial charge in [0.05, 0.1) is 0 Å². The van der Waals surface area contributed by atoms with Crippen LogP contribution in [0.1, 0.15) is 27.2 Å². The zero-order chi connectivity index (χ0) is 15.4. The van der Waals surface area contributed by atoms with Crippen LogP contribution in [0.15, 0.2) is 0 Å². The van der Waals surface area contributed by atoms with Gasteiger partial charge >= 0.3 is 18.2 Å². The van der Waals surface area contributed by atoms with E-state index in [0.717, 1.165) is 4.90 Å². The fourth-order valence-corrected chi connectivity index (χ4v) is 1.61. The minimum Gasteiger partial charge on any atom is -0.480 e. The Balaban J connectivity index is 5.05. The van der Waals surface area contributed by atoms with E-state index in [1.54, 1.807) is 6.92 Å². The highest BCUT2D eigenvalue weighted by molar-refractivity contribution is 5.82. The number of likely N-dealkylation sites (N-methyl/N-ethyl adjacent to an activating group) is 1. The molecule has 5 nitrogen and oxygen atoms in total. The number of aliphatic carboxylic acids is 1. The van der Waals surface area contributed by atoms with Crippen molar-refractivity contribution in [3.05, 3.63) is 0 Å². The number of urea groups is 1. The first-order chi connectivity index (χ1) is 8.51. The Morgan fingerprint density at radius 3 is 2.00 bits per heavy atom. The lowest BCUT2D eigenvalue weighted by Gasteiger charge is -2.34. The van der Waals surface area contributed by atoms with E-state index in [2.05, 4.69) is 0 Å². The van der Waals surface area contributed by atoms with Gasteiger partial charge in [0.1, 0.15) is 12.6 Å². The first kappa shape index (κ1) is 17.5. The Morgan fingerprint density at radius 1 is 1.26 bits per heavy atom. The van der Waals surface area contributed by atoms with Crippen molar-refractivity contribution in [2.24, 2.45) is 0 Å². The number of alkyl halides is 3. The maximum Gasteiger partial charge on any atom is 0.406 e. The van der Waals surface area contributed by atoms with Crippen LogP contribution >= 0.6 is 0 Å². The number of halogens is 3. The van der Waals surface area contributed by atoms with Crippen molar-refractivity contribution in [3.63, 3.8) is 0 Å². The number of hydrogen-bond donors (Lipinski definition) is 1. The normalized spacial score (nSPS) is 13.3. The van der Waals surface area contributed by atoms with Gasteiger partial charge in [-0.15, -0.1) is 0 Å². The standard InChI is InChI=1S/C11H19F3N2O3/c1-5-8(9(17)18)15(4)10(19)16(7(2)3)6-11(12,13)14/h7-8H,5-6H2,1-4H3,(H,17,18). The van der Waals surface area contributed by atoms with Crippen LogP contribution in [0.2, 0.25) is 0 Å². The van der Waals surface area contributed by atoms with Crippen LogP contribution in [0.25, 0.3) is 0 Å². The molecule has 8 heteroatoms. The predicted octanol–water partition coefficient (Wildman–Crippen LogP) is 2.17. The molecule has 0 aromatic heterocycles. The molecule has 0 bridgehead atoms. The molecule has 0 aromatic carbocycles. The SMILES string of the molecule is CCC(C(=O)O)N(C)C(=O)N(CC(F)(F)F)C(C)C. The van der Waals surface area contributed by atoms with Crippen molar-refractivity contribution < 1.29 is 27.9 Å². The Labute approximate surface area is 110 Å². The molecular formula is C11H19F3N2O3. The van der Waals surface area contributed by atoms with E-state index >= 15 is 0 Å². The van der Waals surface area contributed by atoms with Gasteiger partial charge in [0.25, 0.3) is 0 Å². The third-order valence-electron chi connectivity index (χ3n) is 2.66. The first-order valence-corrected chi connectivity index (χ1v) is 5.84. The van der Waals surface area contributed by atoms with Gasteiger partial charge in [-0.3, -0.25) is 0 Å². The zero-order valence-electron chi connectivity index (χ0n) is 11.4. The van der Waals surface area contributed by atoms with Crippen molar-refractivity contribution >= 4 is 12.0 Å². The molecule has 0 aromatic rings. The van der Waals surface area contributed by atoms with E-state index in [4.69, 9.17) is 5.11 Å². The van der Waals surface area contributed by atoms with Crippen LogP contribution in [0.3, 0.4) is 0 Å². The monoisotopic (exact) mass is 284 g/mol. The second-order valence-electron chi connectivity index (χ2n) is 4.49. The van der Waals surface area contributed by atoms with Gasteiger partial charge in [-0.05, 0) is 20.3 Å². The van der Waals surface area contributed by atoms with Crippen LogP contribution < -0.4 is 0 Å². The maximum atomic E-state index is 12.4. The summed E-state index contributed by atoms with van der Waals surface area (Å²) in [6.07, 6.45) is -4.40. The molecule has 1 N–H and O–H groups in total. The van der Waals surface area contributed by atoms with Crippen molar-refractivity contribution in [2.75, 3.05) is 13.6 Å². The molecule has 19 heavy (non-hydrogen) atoms. The molecule has 0 aliphatic rings. The average molecular weight is 284 g/mol. The van der Waals surface area contributed by atoms with Crippen LogP contribution in [0.4, 0.5) is 18.0 Å². The Morgan fingerprint density at radius 2 is 1.74 bits per heavy atom. The Bertz CT molecular complexity index is 332. The summed E-state index contributed by atoms with van der Waals surface area (Å²) in [5, 5.41) is 8.91. The van der Waals surface area contributed by atoms with E-state index in [1.807, 2.05) is 0 Å². The summed E-state index contributed by atoms with van der Waals surface area (Å²) in [5.74, 6) is -1.24. The first-order valence-electron chi connectivity index (χ1n) is 5.84. The van der Waals surface area contributed by atoms with Gasteiger partial charge in [-0.2, -0.15) is 13.2 Å². The van der Waals surface area contributed by atoms with Crippen molar-refractivity contribution in [3.8, 4) is 0 Å². The van der Waals surface area contributed by atoms with E-state index in [0.29, 0.717) is 4.90 Å². The second-order valence-corrected chi connectivity index (χ2v) is 4.49. The molecule has 0 fully saturated rings. The molecule has 0 aliphatic carbocycles. The molecular weight excluding hydrogens is 265 g/mol. The highest BCUT2D eigenvalue weighted by Crippen LogP contribution is 2.19. The van der Waals surface area contributed by atoms with Gasteiger partial charge in [0, 0.05) is 13.1 Å². The summed E-state index contributed by atoms with van der Waals surface area (Å²) >= 11 is 0. The topological polar surface area (TPSA) is 60.9 Å². The van der Waals surface area contributed by atoms with Crippen LogP contribution in [0, 0.1) is 0 Å². The Kier molecular flexibility index (Phi) is 6.11. The summed E-state index contributed by atoms with van der Waals surface area (Å²) in [6, 6.07) is -2.76. The quantitative estimate of drug-likeness (QED) is 0.841. The van der Waals surface area contributed by atoms with E-state index in [1.165, 1.54) is 20.9 Å². The molecule has 0 heterocycles. The van der Waals surface area contributed by atoms with Gasteiger partial charge < -0.3 is 14.9 Å². The third-order valence-corrected chi connectivity index (χ3v) is 2.66. The van der Waals surface area contributed by atoms with Crippen molar-refractivity contribution in [1.82, 2.24) is 9.80 Å². The summed E-state index contributed by atoms with van der Waals surface area (Å²) in [6.45, 7) is 3.04. The minimum atomic E-state index is -4.52. The van der Waals surface area contributed by atoms with Gasteiger partial charge in [-0.1, -0.05) is 6.92 Å². The van der Waals surface area contributed by atoms with Gasteiger partial charge in [0.15, 0.2) is 0 Å². The lowest BCUT2D eigenvalue weighted by molar-refractivity contribution is -0.146. The summed E-state index contributed by atoms with van der Waals surface area (Å²) in [7, 11) is 1.19. The van der Waals surface area contributed by atoms with Crippen molar-refractivity contribution in [1.29, 1.82) is 0 Å². The number of carboxylic acids is 1. The van der Waals surface area contributed by atoms with Crippen LogP contribution in [-0.4, -0.2) is 58.8 Å². The number of hydrogen-bond acceptors (Lipinski definition) is 2. The molecule has 0 saturated heterocycles. The molecule has 0 saturated carbocycles. The lowest BCUT2D eigenvalue weighted by atomic mass is 10.2. The molecule has 0 spiro atoms. The Hall–Kier alpha value is -1.47. The number of nitrogens with zero attached hydrogens (tertiary/aromatic N) is 2. The zero-order valence-corrected chi connectivity index (χ0v) is 11.4. The largest absolute Gasteiger partial charge is 0.480 e. The molecule has 0 rings (SSSR count). The fraction of sp³-hybridized carbons (Fsp3) is 0.818. The molecule has 0 radical (unpaired) electrons. The smallest absolute Gasteiger partial charge is 0.406 e. The number of amides is 2. The number of carbonyl (C=O) groups excluding carboxylic acids is 1. The van der Waals surface area contributed by atoms with Gasteiger partial charge in [0.2, 0.25) is 0 Å². The highest BCUT2D eigenvalue weighted by atomic mass is 19.4. The number of carboxylic acid groups (broad SMARTS) is 1. The molecule has 1 atom stereocenters. The predicted molar refractivity (Wildman–Crippen MR) is 62.8 cm³/mol.